The second-order valence-electron chi connectivity index (χ2n) is 5.67. The first-order valence-electron chi connectivity index (χ1n) is 8.16. The van der Waals surface area contributed by atoms with Crippen LogP contribution in [0.15, 0.2) is 66.0 Å². The number of benzene rings is 1. The normalized spacial score (nSPS) is 13.4. The van der Waals surface area contributed by atoms with Crippen molar-refractivity contribution in [1.29, 1.82) is 0 Å². The molecule has 2 heterocycles. The smallest absolute Gasteiger partial charge is 0.355 e. The van der Waals surface area contributed by atoms with Crippen molar-refractivity contribution in [2.24, 2.45) is 0 Å². The fraction of sp³-hybridized carbons (Fsp3) is 0.100. The number of nitrogens with zero attached hydrogens (tertiary/aromatic N) is 2. The van der Waals surface area contributed by atoms with Gasteiger partial charge in [0.05, 0.1) is 31.0 Å². The number of anilines is 1. The molecule has 8 heteroatoms. The lowest BCUT2D eigenvalue weighted by Gasteiger charge is -2.24. The van der Waals surface area contributed by atoms with Gasteiger partial charge in [-0.05, 0) is 24.3 Å². The molecule has 1 N–H and O–H groups in total. The minimum absolute atomic E-state index is 0.00857. The molecule has 0 aliphatic carbocycles. The van der Waals surface area contributed by atoms with E-state index >= 15 is 0 Å². The monoisotopic (exact) mass is 380 g/mol. The summed E-state index contributed by atoms with van der Waals surface area (Å²) in [5.41, 5.74) is 0.524. The number of carbonyl (C=O) groups excluding carboxylic acids is 2. The first kappa shape index (κ1) is 18.8. The van der Waals surface area contributed by atoms with Crippen LogP contribution in [0.25, 0.3) is 10.9 Å². The molecule has 0 saturated carbocycles. The van der Waals surface area contributed by atoms with Crippen molar-refractivity contribution in [1.82, 2.24) is 4.98 Å². The Morgan fingerprint density at radius 3 is 2.43 bits per heavy atom. The highest BCUT2D eigenvalue weighted by Crippen LogP contribution is 2.31. The lowest BCUT2D eigenvalue weighted by Crippen LogP contribution is -2.27. The van der Waals surface area contributed by atoms with Gasteiger partial charge in [-0.15, -0.1) is 0 Å². The van der Waals surface area contributed by atoms with Gasteiger partial charge >= 0.3 is 17.9 Å². The number of carboxylic acids is 1. The van der Waals surface area contributed by atoms with Crippen molar-refractivity contribution in [3.05, 3.63) is 71.7 Å². The summed E-state index contributed by atoms with van der Waals surface area (Å²) >= 11 is 0. The Morgan fingerprint density at radius 1 is 1.00 bits per heavy atom. The van der Waals surface area contributed by atoms with Crippen LogP contribution in [-0.2, 0) is 19.1 Å². The molecule has 8 nitrogen and oxygen atoms in total. The van der Waals surface area contributed by atoms with Gasteiger partial charge in [-0.1, -0.05) is 24.3 Å². The van der Waals surface area contributed by atoms with E-state index in [0.717, 1.165) is 0 Å². The Bertz CT molecular complexity index is 1070. The van der Waals surface area contributed by atoms with Crippen LogP contribution in [0.2, 0.25) is 0 Å². The van der Waals surface area contributed by atoms with Gasteiger partial charge in [0, 0.05) is 11.6 Å². The maximum Gasteiger partial charge on any atom is 0.355 e. The van der Waals surface area contributed by atoms with Gasteiger partial charge in [0.1, 0.15) is 11.4 Å². The van der Waals surface area contributed by atoms with E-state index in [2.05, 4.69) is 4.98 Å². The van der Waals surface area contributed by atoms with Gasteiger partial charge in [-0.25, -0.2) is 19.4 Å². The van der Waals surface area contributed by atoms with Gasteiger partial charge in [0.25, 0.3) is 0 Å². The number of aromatic carboxylic acids is 1. The summed E-state index contributed by atoms with van der Waals surface area (Å²) in [5, 5.41) is 9.93. The highest BCUT2D eigenvalue weighted by molar-refractivity contribution is 6.07. The van der Waals surface area contributed by atoms with Crippen molar-refractivity contribution >= 4 is 34.5 Å². The molecule has 0 radical (unpaired) electrons. The first-order valence-corrected chi connectivity index (χ1v) is 8.16. The molecule has 28 heavy (non-hydrogen) atoms. The minimum atomic E-state index is -1.18. The molecule has 0 bridgehead atoms. The summed E-state index contributed by atoms with van der Waals surface area (Å²) in [6.45, 7) is 0. The Hall–Kier alpha value is -3.94. The molecule has 1 aliphatic rings. The molecule has 3 rings (SSSR count). The third-order valence-corrected chi connectivity index (χ3v) is 4.07. The third-order valence-electron chi connectivity index (χ3n) is 4.07. The molecule has 142 valence electrons. The van der Waals surface area contributed by atoms with E-state index in [1.165, 1.54) is 31.3 Å². The van der Waals surface area contributed by atoms with Gasteiger partial charge in [0.2, 0.25) is 0 Å². The van der Waals surface area contributed by atoms with Crippen molar-refractivity contribution < 1.29 is 29.0 Å². The Morgan fingerprint density at radius 2 is 1.75 bits per heavy atom. The number of ether oxygens (including phenoxy) is 2. The van der Waals surface area contributed by atoms with Crippen molar-refractivity contribution in [2.45, 2.75) is 0 Å². The number of carbonyl (C=O) groups is 3. The Balaban J connectivity index is 2.31. The maximum absolute atomic E-state index is 12.5. The molecule has 0 saturated heterocycles. The van der Waals surface area contributed by atoms with Crippen LogP contribution >= 0.6 is 0 Å². The highest BCUT2D eigenvalue weighted by atomic mass is 16.5. The number of hydrogen-bond acceptors (Lipinski definition) is 7. The van der Waals surface area contributed by atoms with Crippen LogP contribution in [-0.4, -0.2) is 42.2 Å². The van der Waals surface area contributed by atoms with Crippen molar-refractivity contribution in [3.63, 3.8) is 0 Å². The number of pyridine rings is 1. The molecule has 0 unspecified atom stereocenters. The van der Waals surface area contributed by atoms with Gasteiger partial charge in [-0.3, -0.25) is 0 Å². The fourth-order valence-corrected chi connectivity index (χ4v) is 2.80. The number of para-hydroxylation sites is 1. The molecule has 0 atom stereocenters. The molecule has 0 amide bonds. The summed E-state index contributed by atoms with van der Waals surface area (Å²) in [5.74, 6) is -2.66. The Kier molecular flexibility index (Phi) is 5.21. The number of fused-ring (bicyclic) bond motifs is 1. The summed E-state index contributed by atoms with van der Waals surface area (Å²) in [4.78, 5) is 41.8. The number of carboxylic acid groups (broad SMARTS) is 1. The predicted octanol–water partition coefficient (Wildman–Crippen LogP) is 2.42. The molecular weight excluding hydrogens is 364 g/mol. The van der Waals surface area contributed by atoms with Crippen LogP contribution in [0.3, 0.4) is 0 Å². The zero-order valence-corrected chi connectivity index (χ0v) is 15.1. The van der Waals surface area contributed by atoms with Crippen LogP contribution in [0.1, 0.15) is 10.5 Å². The minimum Gasteiger partial charge on any atom is -0.477 e. The van der Waals surface area contributed by atoms with E-state index in [-0.39, 0.29) is 17.0 Å². The summed E-state index contributed by atoms with van der Waals surface area (Å²) in [6, 6.07) is 8.18. The molecule has 1 aromatic carbocycles. The number of aromatic nitrogens is 1. The quantitative estimate of drug-likeness (QED) is 0.806. The van der Waals surface area contributed by atoms with E-state index in [4.69, 9.17) is 9.47 Å². The first-order chi connectivity index (χ1) is 13.5. The average Bonchev–Trinajstić information content (AvgIpc) is 2.94. The second kappa shape index (κ2) is 7.75. The lowest BCUT2D eigenvalue weighted by molar-refractivity contribution is -0.139. The summed E-state index contributed by atoms with van der Waals surface area (Å²) in [7, 11) is 2.41. The molecule has 0 spiro atoms. The molecule has 2 aromatic rings. The van der Waals surface area contributed by atoms with E-state index in [0.29, 0.717) is 16.6 Å². The summed E-state index contributed by atoms with van der Waals surface area (Å²) in [6.07, 6.45) is 6.20. The SMILES string of the molecule is COC(=O)C1=C(C(=O)OC)N(c2cccc3ccc(C(=O)O)nc23)C=CC=C1. The standard InChI is InChI=1S/C20H16N2O6/c1-27-19(25)13-7-3-4-11-22(17(13)20(26)28-2)15-8-5-6-12-9-10-14(18(23)24)21-16(12)15/h3-11H,1-2H3,(H,23,24). The van der Waals surface area contributed by atoms with Crippen LogP contribution in [0.4, 0.5) is 5.69 Å². The average molecular weight is 380 g/mol. The van der Waals surface area contributed by atoms with E-state index in [1.54, 1.807) is 42.6 Å². The topological polar surface area (TPSA) is 106 Å². The molecule has 1 aromatic heterocycles. The number of hydrogen-bond donors (Lipinski definition) is 1. The fourth-order valence-electron chi connectivity index (χ4n) is 2.80. The zero-order valence-electron chi connectivity index (χ0n) is 15.1. The van der Waals surface area contributed by atoms with Gasteiger partial charge < -0.3 is 19.5 Å². The number of allylic oxidation sites excluding steroid dienone is 2. The van der Waals surface area contributed by atoms with Crippen LogP contribution in [0.5, 0.6) is 0 Å². The van der Waals surface area contributed by atoms with Crippen LogP contribution < -0.4 is 4.90 Å². The van der Waals surface area contributed by atoms with Gasteiger partial charge in [0.15, 0.2) is 0 Å². The van der Waals surface area contributed by atoms with E-state index in [9.17, 15) is 19.5 Å². The number of rotatable bonds is 4. The lowest BCUT2D eigenvalue weighted by atomic mass is 10.1. The highest BCUT2D eigenvalue weighted by Gasteiger charge is 2.28. The molecular formula is C20H16N2O6. The second-order valence-corrected chi connectivity index (χ2v) is 5.67. The zero-order chi connectivity index (χ0) is 20.3. The third kappa shape index (κ3) is 3.35. The van der Waals surface area contributed by atoms with Gasteiger partial charge in [-0.2, -0.15) is 0 Å². The largest absolute Gasteiger partial charge is 0.477 e. The number of esters is 2. The van der Waals surface area contributed by atoms with E-state index in [1.807, 2.05) is 0 Å². The van der Waals surface area contributed by atoms with E-state index < -0.39 is 17.9 Å². The number of methoxy groups -OCH3 is 2. The maximum atomic E-state index is 12.5. The molecule has 0 fully saturated rings. The van der Waals surface area contributed by atoms with Crippen LogP contribution in [0, 0.1) is 0 Å². The Labute approximate surface area is 160 Å². The molecule has 1 aliphatic heterocycles. The van der Waals surface area contributed by atoms with Crippen molar-refractivity contribution in [3.8, 4) is 0 Å². The van der Waals surface area contributed by atoms with Crippen molar-refractivity contribution in [2.75, 3.05) is 19.1 Å². The summed E-state index contributed by atoms with van der Waals surface area (Å²) < 4.78 is 9.66. The predicted molar refractivity (Wildman–Crippen MR) is 101 cm³/mol.